The zero-order valence-electron chi connectivity index (χ0n) is 51.9. The Balaban J connectivity index is -0.000000343. The van der Waals surface area contributed by atoms with Gasteiger partial charge in [-0.05, 0) is 139 Å². The maximum absolute atomic E-state index is 13.8. The molecule has 2 aliphatic carbocycles. The average Bonchev–Trinajstić information content (AvgIpc) is 0.828. The Morgan fingerprint density at radius 3 is 1.22 bits per heavy atom. The molecular formula is C67H79BClF7N10NaO8. The van der Waals surface area contributed by atoms with Crippen molar-refractivity contribution in [3.05, 3.63) is 237 Å². The van der Waals surface area contributed by atoms with E-state index in [2.05, 4.69) is 36.7 Å². The predicted octanol–water partition coefficient (Wildman–Crippen LogP) is 10.0. The molecule has 28 heteroatoms. The zero-order valence-corrected chi connectivity index (χ0v) is 54.6. The van der Waals surface area contributed by atoms with E-state index in [9.17, 15) is 59.5 Å². The Bertz CT molecular complexity index is 3550. The molecule has 2 aliphatic rings. The number of carbonyl (C=O) groups is 6. The van der Waals surface area contributed by atoms with Gasteiger partial charge in [-0.25, -0.2) is 37.3 Å². The fourth-order valence-corrected chi connectivity index (χ4v) is 7.39. The van der Waals surface area contributed by atoms with Gasteiger partial charge >= 0.3 is 35.2 Å². The monoisotopic (exact) mass is 1360 g/mol. The van der Waals surface area contributed by atoms with Crippen LogP contribution in [0.1, 0.15) is 119 Å². The maximum atomic E-state index is 13.8. The minimum atomic E-state index is -0.940. The van der Waals surface area contributed by atoms with Gasteiger partial charge in [0.25, 0.3) is 28.9 Å². The molecule has 10 N–H and O–H groups in total. The predicted molar refractivity (Wildman–Crippen MR) is 355 cm³/mol. The zero-order chi connectivity index (χ0) is 68.2. The van der Waals surface area contributed by atoms with Crippen LogP contribution in [0.4, 0.5) is 47.8 Å². The van der Waals surface area contributed by atoms with Gasteiger partial charge in [0.15, 0.2) is 0 Å². The number of hydrogen-bond donors (Lipinski definition) is 8. The number of carbonyl (C=O) groups excluding carboxylic acids is 6. The van der Waals surface area contributed by atoms with Gasteiger partial charge in [0, 0.05) is 107 Å². The van der Waals surface area contributed by atoms with E-state index < -0.39 is 75.3 Å². The van der Waals surface area contributed by atoms with Crippen molar-refractivity contribution in [1.29, 1.82) is 5.26 Å². The molecule has 2 saturated carbocycles. The van der Waals surface area contributed by atoms with Gasteiger partial charge in [0.1, 0.15) is 58.0 Å². The Hall–Kier alpha value is -9.44. The van der Waals surface area contributed by atoms with Crippen molar-refractivity contribution in [2.24, 2.45) is 5.73 Å². The van der Waals surface area contributed by atoms with Gasteiger partial charge in [-0.3, -0.25) is 33.6 Å². The van der Waals surface area contributed by atoms with E-state index in [0.29, 0.717) is 48.1 Å². The quantitative estimate of drug-likeness (QED) is 0.0176. The Morgan fingerprint density at radius 1 is 0.568 bits per heavy atom. The summed E-state index contributed by atoms with van der Waals surface area (Å²) in [6.07, 6.45) is 5.39. The van der Waals surface area contributed by atoms with Crippen LogP contribution in [-0.4, -0.2) is 91.1 Å². The number of nitrogens with two attached hydrogens (primary N) is 2. The Labute approximate surface area is 581 Å². The molecule has 2 fully saturated rings. The summed E-state index contributed by atoms with van der Waals surface area (Å²) >= 11 is 4.96. The molecule has 95 heavy (non-hydrogen) atoms. The van der Waals surface area contributed by atoms with Crippen molar-refractivity contribution in [1.82, 2.24) is 21.3 Å². The molecule has 0 saturated heterocycles. The maximum Gasteiger partial charge on any atom is 1.00 e. The summed E-state index contributed by atoms with van der Waals surface area (Å²) in [5.41, 5.74) is 13.3. The van der Waals surface area contributed by atoms with Crippen molar-refractivity contribution < 1.29 is 101 Å². The molecule has 7 aromatic rings. The number of anilines is 3. The molecule has 18 nitrogen and oxygen atoms in total. The molecule has 0 aliphatic heterocycles. The normalized spacial score (nSPS) is 11.0. The number of nitrogen functional groups attached to an aromatic ring is 1. The number of rotatable bonds is 13. The number of ketones is 1. The van der Waals surface area contributed by atoms with E-state index >= 15 is 0 Å². The van der Waals surface area contributed by atoms with Crippen molar-refractivity contribution in [2.75, 3.05) is 58.8 Å². The largest absolute Gasteiger partial charge is 1.00 e. The smallest absolute Gasteiger partial charge is 0.512 e. The molecule has 7 aromatic carbocycles. The fraction of sp³-hybridized carbons (Fsp3) is 0.254. The van der Waals surface area contributed by atoms with Crippen LogP contribution in [0.5, 0.6) is 11.5 Å². The van der Waals surface area contributed by atoms with Gasteiger partial charge in [-0.1, -0.05) is 39.1 Å². The van der Waals surface area contributed by atoms with Crippen LogP contribution in [0, 0.1) is 59.1 Å². The molecular weight excluding hydrogens is 1280 g/mol. The number of Topliss-reactive ketones (excluding diaryl/α,β-unsaturated/α-hetero) is 1. The van der Waals surface area contributed by atoms with Gasteiger partial charge in [-0.15, -0.1) is 0 Å². The Kier molecular flexibility index (Phi) is 44.8. The van der Waals surface area contributed by atoms with E-state index in [-0.39, 0.29) is 83.5 Å². The van der Waals surface area contributed by atoms with Crippen LogP contribution in [0.2, 0.25) is 0 Å². The first-order chi connectivity index (χ1) is 43.4. The number of nitrogens with zero attached hydrogens (tertiary/aromatic N) is 2. The molecule has 0 atom stereocenters. The fourth-order valence-electron chi connectivity index (χ4n) is 7.24. The third-order valence-electron chi connectivity index (χ3n) is 12.6. The number of benzene rings is 7. The second kappa shape index (κ2) is 47.4. The molecule has 9 rings (SSSR count). The SMILES string of the molecule is C.C.CNC(=O)c1ccc(F)cc1F.CNC(=O)c1ccc(N)cc1F.CNC(=O)c1ccc(NCc2ccc(OC)cc2)cc1F.COc1ccc(CN)cc1.O=C(Cl)c1ccc(F)cc1F.O=C1CCC1.[2HH].[3HH].[B].[C-]#N.[C-]#[N+]C1(Nc2ccc(C(=O)NC)c(F)c2)CCC1.[Na+]. The first-order valence-electron chi connectivity index (χ1n) is 27.1. The van der Waals surface area contributed by atoms with E-state index in [1.54, 1.807) is 26.4 Å². The van der Waals surface area contributed by atoms with Crippen LogP contribution in [0.15, 0.2) is 140 Å². The van der Waals surface area contributed by atoms with Crippen LogP contribution in [0.25, 0.3) is 4.85 Å². The topological polar surface area (TPSA) is 273 Å². The van der Waals surface area contributed by atoms with Crippen molar-refractivity contribution in [2.45, 2.75) is 72.1 Å². The van der Waals surface area contributed by atoms with Gasteiger partial charge in [0.2, 0.25) is 0 Å². The minimum Gasteiger partial charge on any atom is -0.512 e. The number of ether oxygens (including phenoxy) is 2. The minimum absolute atomic E-state index is 0. The number of amides is 4. The number of methoxy groups -OCH3 is 2. The molecule has 0 aromatic heterocycles. The molecule has 0 unspecified atom stereocenters. The third-order valence-corrected chi connectivity index (χ3v) is 12.8. The number of nitrogens with one attached hydrogen (secondary N) is 6. The Morgan fingerprint density at radius 2 is 0.916 bits per heavy atom. The second-order valence-electron chi connectivity index (χ2n) is 18.7. The number of hydrogen-bond acceptors (Lipinski definition) is 13. The van der Waals surface area contributed by atoms with E-state index in [0.717, 1.165) is 91.5 Å². The van der Waals surface area contributed by atoms with E-state index in [4.69, 9.17) is 50.9 Å². The van der Waals surface area contributed by atoms with Crippen LogP contribution in [-0.2, 0) is 17.9 Å². The van der Waals surface area contributed by atoms with Gasteiger partial charge in [-0.2, -0.15) is 0 Å². The number of halogens is 8. The summed E-state index contributed by atoms with van der Waals surface area (Å²) in [5, 5.41) is 20.8. The average molecular weight is 1360 g/mol. The summed E-state index contributed by atoms with van der Waals surface area (Å²) in [6.45, 7) is 13.1. The van der Waals surface area contributed by atoms with E-state index in [1.807, 2.05) is 48.5 Å². The standard InChI is InChI=1S/C16H17FN2O2.C13H14FN3O.C8H7F2NO.C8H9FN2O.C8H11NO.C7H3ClF2O.C4H6O.CN.2CH4.B.Na.2H2/c1-18-16(20)14-8-5-12(9-15(14)17)19-10-11-3-6-13(21-2)7-4-11;1-15-12(18)10-5-4-9(8-11(10)14)17-13(16-2)6-3-7-13;1-11-8(12)6-3-2-5(9)4-7(6)10;1-11-8(12)6-3-2-5(10)4-7(6)9;1-10-8-4-2-7(6-9)3-5-8;8-7(11)5-2-1-4(9)3-6(5)10;5-4-2-1-3-4;1-2;;;;;;/h3-9,19H,10H2,1-2H3,(H,18,20);4-5,8,17H,3,6-7H2,1H3,(H,15,18);2-4H,1H3,(H,11,12);2-4H,10H2,1H3,(H,11,12);2-5H,6,9H2,1H3;1-3H;1-3H2;;2*1H4;;;2*1H/q;;;;;;;-1;;;;+1;;/i;;;;;;;;;;;;1+2;1+1. The summed E-state index contributed by atoms with van der Waals surface area (Å²) < 4.78 is 100. The second-order valence-corrected chi connectivity index (χ2v) is 19.1. The van der Waals surface area contributed by atoms with Gasteiger partial charge < -0.3 is 64.7 Å². The summed E-state index contributed by atoms with van der Waals surface area (Å²) in [6, 6.07) is 33.4. The molecule has 0 spiro atoms. The van der Waals surface area contributed by atoms with Crippen molar-refractivity contribution >= 4 is 71.7 Å². The molecule has 3 radical (unpaired) electrons. The van der Waals surface area contributed by atoms with Crippen LogP contribution < -0.4 is 82.4 Å². The molecule has 0 bridgehead atoms. The first kappa shape index (κ1) is 89.8. The summed E-state index contributed by atoms with van der Waals surface area (Å²) in [4.78, 5) is 68.4. The summed E-state index contributed by atoms with van der Waals surface area (Å²) in [5.74, 6) is -4.76. The summed E-state index contributed by atoms with van der Waals surface area (Å²) in [7, 11) is 9.01. The molecule has 0 heterocycles. The van der Waals surface area contributed by atoms with E-state index in [1.165, 1.54) is 64.6 Å². The van der Waals surface area contributed by atoms with Crippen molar-refractivity contribution in [3.63, 3.8) is 0 Å². The van der Waals surface area contributed by atoms with Crippen LogP contribution in [0.3, 0.4) is 0 Å². The first-order valence-corrected chi connectivity index (χ1v) is 27.5. The van der Waals surface area contributed by atoms with Crippen LogP contribution >= 0.6 is 11.6 Å². The third kappa shape index (κ3) is 30.9. The van der Waals surface area contributed by atoms with Gasteiger partial charge in [0.05, 0.1) is 42.0 Å². The molecule has 505 valence electrons. The van der Waals surface area contributed by atoms with Crippen molar-refractivity contribution in [3.8, 4) is 11.5 Å². The molecule has 4 amide bonds.